The van der Waals surface area contributed by atoms with Gasteiger partial charge in [-0.15, -0.1) is 0 Å². The fraction of sp³-hybridized carbons (Fsp3) is 0.471. The molecule has 7 nitrogen and oxygen atoms in total. The van der Waals surface area contributed by atoms with E-state index in [-0.39, 0.29) is 18.9 Å². The van der Waals surface area contributed by atoms with Crippen molar-refractivity contribution >= 4 is 23.5 Å². The predicted octanol–water partition coefficient (Wildman–Crippen LogP) is 2.15. The first kappa shape index (κ1) is 17.8. The van der Waals surface area contributed by atoms with E-state index in [1.165, 1.54) is 12.0 Å². The Balaban J connectivity index is 2.45. The summed E-state index contributed by atoms with van der Waals surface area (Å²) in [6.07, 6.45) is 0.258. The lowest BCUT2D eigenvalue weighted by Crippen LogP contribution is -2.52. The highest BCUT2D eigenvalue weighted by atomic mass is 16.5. The molecule has 1 aromatic carbocycles. The first-order chi connectivity index (χ1) is 11.2. The highest BCUT2D eigenvalue weighted by molar-refractivity contribution is 6.04. The predicted molar refractivity (Wildman–Crippen MR) is 86.4 cm³/mol. The third-order valence-corrected chi connectivity index (χ3v) is 3.90. The Kier molecular flexibility index (Phi) is 4.82. The number of methoxy groups -OCH3 is 1. The number of hydrogen-bond acceptors (Lipinski definition) is 5. The summed E-state index contributed by atoms with van der Waals surface area (Å²) in [5.41, 5.74) is 0.414. The zero-order valence-electron chi connectivity index (χ0n) is 14.2. The van der Waals surface area contributed by atoms with Gasteiger partial charge in [0, 0.05) is 13.0 Å². The second kappa shape index (κ2) is 6.51. The fourth-order valence-electron chi connectivity index (χ4n) is 2.66. The number of carboxylic acids is 1. The summed E-state index contributed by atoms with van der Waals surface area (Å²) in [5.74, 6) is -1.22. The lowest BCUT2D eigenvalue weighted by molar-refractivity contribution is -0.137. The van der Waals surface area contributed by atoms with Crippen LogP contribution in [-0.4, -0.2) is 42.2 Å². The van der Waals surface area contributed by atoms with Crippen molar-refractivity contribution < 1.29 is 29.0 Å². The first-order valence-electron chi connectivity index (χ1n) is 7.63. The molecule has 0 unspecified atom stereocenters. The van der Waals surface area contributed by atoms with Gasteiger partial charge in [-0.2, -0.15) is 0 Å². The minimum Gasteiger partial charge on any atom is -0.481 e. The number of benzene rings is 1. The number of carboxylic acid groups (broad SMARTS) is 1. The number of aliphatic carboxylic acids is 1. The zero-order valence-corrected chi connectivity index (χ0v) is 14.2. The van der Waals surface area contributed by atoms with Crippen LogP contribution in [0, 0.1) is 6.92 Å². The Hall–Kier alpha value is -2.57. The summed E-state index contributed by atoms with van der Waals surface area (Å²) in [6.45, 7) is 5.31. The number of rotatable bonds is 5. The minimum absolute atomic E-state index is 0.0455. The molecule has 130 valence electrons. The van der Waals surface area contributed by atoms with Crippen LogP contribution >= 0.6 is 0 Å². The maximum absolute atomic E-state index is 12.7. The molecule has 2 rings (SSSR count). The van der Waals surface area contributed by atoms with Gasteiger partial charge in [0.1, 0.15) is 5.75 Å². The van der Waals surface area contributed by atoms with Gasteiger partial charge in [0.25, 0.3) is 5.91 Å². The number of anilines is 1. The molecule has 1 aliphatic heterocycles. The fourth-order valence-corrected chi connectivity index (χ4v) is 2.66. The van der Waals surface area contributed by atoms with E-state index in [9.17, 15) is 14.4 Å². The summed E-state index contributed by atoms with van der Waals surface area (Å²) in [4.78, 5) is 36.8. The lowest BCUT2D eigenvalue weighted by atomic mass is 10.00. The van der Waals surface area contributed by atoms with Gasteiger partial charge >= 0.3 is 11.9 Å². The minimum atomic E-state index is -1.06. The maximum atomic E-state index is 12.7. The van der Waals surface area contributed by atoms with Gasteiger partial charge in [0.2, 0.25) is 0 Å². The van der Waals surface area contributed by atoms with Crippen LogP contribution in [0.4, 0.5) is 5.69 Å². The number of fused-ring (bicyclic) bond motifs is 1. The molecule has 0 spiro atoms. The van der Waals surface area contributed by atoms with Gasteiger partial charge in [0.05, 0.1) is 18.4 Å². The van der Waals surface area contributed by atoms with E-state index in [1.54, 1.807) is 32.9 Å². The third-order valence-electron chi connectivity index (χ3n) is 3.90. The largest absolute Gasteiger partial charge is 0.481 e. The average Bonchev–Trinajstić information content (AvgIpc) is 2.49. The second-order valence-electron chi connectivity index (χ2n) is 6.19. The Bertz CT molecular complexity index is 695. The molecule has 0 fully saturated rings. The monoisotopic (exact) mass is 335 g/mol. The summed E-state index contributed by atoms with van der Waals surface area (Å²) in [5, 5.41) is 8.80. The van der Waals surface area contributed by atoms with Gasteiger partial charge < -0.3 is 19.5 Å². The van der Waals surface area contributed by atoms with E-state index in [4.69, 9.17) is 14.6 Å². The molecule has 0 saturated carbocycles. The van der Waals surface area contributed by atoms with Gasteiger partial charge in [-0.05, 0) is 44.9 Å². The third kappa shape index (κ3) is 3.34. The number of esters is 1. The molecule has 24 heavy (non-hydrogen) atoms. The van der Waals surface area contributed by atoms with Crippen molar-refractivity contribution in [3.8, 4) is 5.75 Å². The zero-order chi connectivity index (χ0) is 18.1. The first-order valence-corrected chi connectivity index (χ1v) is 7.63. The highest BCUT2D eigenvalue weighted by Crippen LogP contribution is 2.40. The van der Waals surface area contributed by atoms with Crippen molar-refractivity contribution in [2.75, 3.05) is 18.6 Å². The van der Waals surface area contributed by atoms with E-state index in [0.717, 1.165) is 0 Å². The van der Waals surface area contributed by atoms with Gasteiger partial charge in [-0.1, -0.05) is 0 Å². The molecule has 1 heterocycles. The van der Waals surface area contributed by atoms with Crippen LogP contribution in [0.2, 0.25) is 0 Å². The number of aryl methyl sites for hydroxylation is 1. The standard InChI is InChI=1S/C17H21NO6/c1-10-8-13-12(9-11(10)15(21)23-4)18(7-5-6-14(19)20)16(22)17(2,3)24-13/h8-9H,5-7H2,1-4H3,(H,19,20). The molecule has 1 aromatic rings. The number of carbonyl (C=O) groups excluding carboxylic acids is 2. The summed E-state index contributed by atoms with van der Waals surface area (Å²) < 4.78 is 10.5. The summed E-state index contributed by atoms with van der Waals surface area (Å²) >= 11 is 0. The van der Waals surface area contributed by atoms with Crippen LogP contribution in [0.3, 0.4) is 0 Å². The van der Waals surface area contributed by atoms with Gasteiger partial charge in [0.15, 0.2) is 5.60 Å². The quantitative estimate of drug-likeness (QED) is 0.829. The smallest absolute Gasteiger partial charge is 0.338 e. The van der Waals surface area contributed by atoms with Crippen LogP contribution < -0.4 is 9.64 Å². The van der Waals surface area contributed by atoms with Crippen LogP contribution in [0.25, 0.3) is 0 Å². The number of ether oxygens (including phenoxy) is 2. The SMILES string of the molecule is COC(=O)c1cc2c(cc1C)OC(C)(C)C(=O)N2CCCC(=O)O. The number of nitrogens with zero attached hydrogens (tertiary/aromatic N) is 1. The van der Waals surface area contributed by atoms with Crippen molar-refractivity contribution in [1.29, 1.82) is 0 Å². The van der Waals surface area contributed by atoms with Crippen molar-refractivity contribution in [2.24, 2.45) is 0 Å². The maximum Gasteiger partial charge on any atom is 0.338 e. The van der Waals surface area contributed by atoms with E-state index in [2.05, 4.69) is 0 Å². The van der Waals surface area contributed by atoms with E-state index < -0.39 is 17.5 Å². The molecule has 7 heteroatoms. The number of amides is 1. The van der Waals surface area contributed by atoms with E-state index >= 15 is 0 Å². The molecule has 1 N–H and O–H groups in total. The second-order valence-corrected chi connectivity index (χ2v) is 6.19. The molecule has 1 aliphatic rings. The Morgan fingerprint density at radius 1 is 1.33 bits per heavy atom. The summed E-state index contributed by atoms with van der Waals surface area (Å²) in [6, 6.07) is 3.25. The van der Waals surface area contributed by atoms with E-state index in [0.29, 0.717) is 29.0 Å². The van der Waals surface area contributed by atoms with Crippen molar-refractivity contribution in [3.05, 3.63) is 23.3 Å². The molecule has 0 aromatic heterocycles. The van der Waals surface area contributed by atoms with Gasteiger partial charge in [-0.3, -0.25) is 9.59 Å². The van der Waals surface area contributed by atoms with Crippen molar-refractivity contribution in [3.63, 3.8) is 0 Å². The molecule has 1 amide bonds. The molecule has 0 bridgehead atoms. The van der Waals surface area contributed by atoms with E-state index in [1.807, 2.05) is 0 Å². The molecule has 0 aliphatic carbocycles. The number of hydrogen-bond donors (Lipinski definition) is 1. The molecular formula is C17H21NO6. The highest BCUT2D eigenvalue weighted by Gasteiger charge is 2.41. The van der Waals surface area contributed by atoms with Gasteiger partial charge in [-0.25, -0.2) is 4.79 Å². The van der Waals surface area contributed by atoms with Crippen LogP contribution in [0.5, 0.6) is 5.75 Å². The molecule has 0 radical (unpaired) electrons. The topological polar surface area (TPSA) is 93.1 Å². The molecular weight excluding hydrogens is 314 g/mol. The number of carbonyl (C=O) groups is 3. The van der Waals surface area contributed by atoms with Crippen molar-refractivity contribution in [2.45, 2.75) is 39.2 Å². The van der Waals surface area contributed by atoms with Crippen LogP contribution in [0.1, 0.15) is 42.6 Å². The Labute approximate surface area is 140 Å². The van der Waals surface area contributed by atoms with Crippen LogP contribution in [0.15, 0.2) is 12.1 Å². The molecule has 0 saturated heterocycles. The average molecular weight is 335 g/mol. The lowest BCUT2D eigenvalue weighted by Gasteiger charge is -2.39. The van der Waals surface area contributed by atoms with Crippen molar-refractivity contribution in [1.82, 2.24) is 0 Å². The Morgan fingerprint density at radius 2 is 2.00 bits per heavy atom. The Morgan fingerprint density at radius 3 is 2.58 bits per heavy atom. The van der Waals surface area contributed by atoms with Crippen LogP contribution in [-0.2, 0) is 14.3 Å². The molecule has 0 atom stereocenters. The summed E-state index contributed by atoms with van der Waals surface area (Å²) in [7, 11) is 1.29. The normalized spacial score (nSPS) is 15.5.